The fourth-order valence-corrected chi connectivity index (χ4v) is 3.32. The van der Waals surface area contributed by atoms with Gasteiger partial charge in [0.25, 0.3) is 0 Å². The summed E-state index contributed by atoms with van der Waals surface area (Å²) in [5.41, 5.74) is 1.27. The molecule has 0 amide bonds. The molecule has 0 bridgehead atoms. The molecule has 1 aliphatic rings. The average Bonchev–Trinajstić information content (AvgIpc) is 2.96. The van der Waals surface area contributed by atoms with Gasteiger partial charge < -0.3 is 10.1 Å². The summed E-state index contributed by atoms with van der Waals surface area (Å²) >= 11 is 1.72. The lowest BCUT2D eigenvalue weighted by Gasteiger charge is -2.23. The molecule has 1 atom stereocenters. The summed E-state index contributed by atoms with van der Waals surface area (Å²) < 4.78 is 5.82. The maximum Gasteiger partial charge on any atom is 0.124 e. The Labute approximate surface area is 123 Å². The van der Waals surface area contributed by atoms with E-state index in [1.54, 1.807) is 11.3 Å². The molecular formula is C15H19N3OS. The maximum atomic E-state index is 5.82. The minimum absolute atomic E-state index is 0.343. The molecule has 1 unspecified atom stereocenters. The van der Waals surface area contributed by atoms with Crippen molar-refractivity contribution in [3.63, 3.8) is 0 Å². The molecule has 1 aliphatic heterocycles. The number of hydrogen-bond donors (Lipinski definition) is 1. The number of ether oxygens (including phenoxy) is 1. The van der Waals surface area contributed by atoms with E-state index in [0.717, 1.165) is 41.7 Å². The van der Waals surface area contributed by atoms with E-state index in [9.17, 15) is 0 Å². The highest BCUT2D eigenvalue weighted by atomic mass is 32.1. The van der Waals surface area contributed by atoms with Crippen LogP contribution in [0.5, 0.6) is 5.75 Å². The van der Waals surface area contributed by atoms with Gasteiger partial charge in [-0.1, -0.05) is 25.1 Å². The van der Waals surface area contributed by atoms with E-state index in [-0.39, 0.29) is 0 Å². The van der Waals surface area contributed by atoms with Crippen LogP contribution in [0.15, 0.2) is 24.3 Å². The first-order chi connectivity index (χ1) is 9.86. The Balaban J connectivity index is 1.66. The van der Waals surface area contributed by atoms with Crippen LogP contribution in [-0.2, 0) is 12.8 Å². The van der Waals surface area contributed by atoms with Crippen LogP contribution in [0.4, 0.5) is 0 Å². The molecule has 0 fully saturated rings. The summed E-state index contributed by atoms with van der Waals surface area (Å²) in [5.74, 6) is 1.36. The van der Waals surface area contributed by atoms with Crippen LogP contribution in [0.25, 0.3) is 0 Å². The third kappa shape index (κ3) is 2.99. The summed E-state index contributed by atoms with van der Waals surface area (Å²) in [7, 11) is 0. The Morgan fingerprint density at radius 1 is 1.35 bits per heavy atom. The average molecular weight is 289 g/mol. The van der Waals surface area contributed by atoms with Crippen LogP contribution in [-0.4, -0.2) is 29.9 Å². The first kappa shape index (κ1) is 13.5. The number of likely N-dealkylation sites (N-methyl/N-ethyl adjacent to an activating group) is 1. The molecule has 4 nitrogen and oxygen atoms in total. The largest absolute Gasteiger partial charge is 0.493 e. The molecule has 2 aromatic rings. The Morgan fingerprint density at radius 2 is 2.25 bits per heavy atom. The minimum Gasteiger partial charge on any atom is -0.493 e. The zero-order chi connectivity index (χ0) is 13.8. The van der Waals surface area contributed by atoms with E-state index in [1.807, 2.05) is 12.1 Å². The highest BCUT2D eigenvalue weighted by Crippen LogP contribution is 2.33. The summed E-state index contributed by atoms with van der Waals surface area (Å²) in [6.45, 7) is 4.79. The van der Waals surface area contributed by atoms with Crippen molar-refractivity contribution < 1.29 is 4.74 Å². The van der Waals surface area contributed by atoms with E-state index in [0.29, 0.717) is 12.5 Å². The summed E-state index contributed by atoms with van der Waals surface area (Å²) in [6.07, 6.45) is 1.95. The molecule has 20 heavy (non-hydrogen) atoms. The van der Waals surface area contributed by atoms with Gasteiger partial charge in [0.15, 0.2) is 0 Å². The number of nitrogens with one attached hydrogen (secondary N) is 1. The summed E-state index contributed by atoms with van der Waals surface area (Å²) in [6, 6.07) is 8.25. The van der Waals surface area contributed by atoms with Crippen LogP contribution in [0, 0.1) is 0 Å². The number of aromatic nitrogens is 2. The molecule has 5 heteroatoms. The molecule has 1 aromatic carbocycles. The molecule has 0 radical (unpaired) electrons. The second-order valence-corrected chi connectivity index (χ2v) is 6.05. The van der Waals surface area contributed by atoms with Crippen molar-refractivity contribution in [2.45, 2.75) is 25.7 Å². The molecule has 1 N–H and O–H groups in total. The van der Waals surface area contributed by atoms with E-state index in [2.05, 4.69) is 34.6 Å². The Bertz CT molecular complexity index is 570. The van der Waals surface area contributed by atoms with Crippen molar-refractivity contribution in [3.8, 4) is 5.75 Å². The van der Waals surface area contributed by atoms with E-state index >= 15 is 0 Å². The van der Waals surface area contributed by atoms with Gasteiger partial charge in [0, 0.05) is 13.0 Å². The topological polar surface area (TPSA) is 47.0 Å². The lowest BCUT2D eigenvalue weighted by Crippen LogP contribution is -2.18. The Morgan fingerprint density at radius 3 is 3.15 bits per heavy atom. The van der Waals surface area contributed by atoms with Crippen LogP contribution in [0.3, 0.4) is 0 Å². The highest BCUT2D eigenvalue weighted by molar-refractivity contribution is 7.11. The van der Waals surface area contributed by atoms with Crippen molar-refractivity contribution in [3.05, 3.63) is 39.8 Å². The van der Waals surface area contributed by atoms with E-state index in [1.165, 1.54) is 5.56 Å². The van der Waals surface area contributed by atoms with Crippen molar-refractivity contribution >= 4 is 11.3 Å². The molecule has 0 spiro atoms. The molecule has 3 rings (SSSR count). The fourth-order valence-electron chi connectivity index (χ4n) is 2.39. The first-order valence-electron chi connectivity index (χ1n) is 7.10. The van der Waals surface area contributed by atoms with Crippen LogP contribution in [0.1, 0.15) is 28.4 Å². The SMILES string of the molecule is CCNCCc1nnc(C2COc3ccccc3C2)s1. The van der Waals surface area contributed by atoms with Crippen molar-refractivity contribution in [2.75, 3.05) is 19.7 Å². The first-order valence-corrected chi connectivity index (χ1v) is 7.92. The quantitative estimate of drug-likeness (QED) is 0.859. The van der Waals surface area contributed by atoms with Gasteiger partial charge >= 0.3 is 0 Å². The van der Waals surface area contributed by atoms with Crippen LogP contribution in [0.2, 0.25) is 0 Å². The molecule has 1 aromatic heterocycles. The van der Waals surface area contributed by atoms with Crippen molar-refractivity contribution in [1.82, 2.24) is 15.5 Å². The van der Waals surface area contributed by atoms with Gasteiger partial charge in [0.1, 0.15) is 15.8 Å². The van der Waals surface area contributed by atoms with Gasteiger partial charge in [0.2, 0.25) is 0 Å². The van der Waals surface area contributed by atoms with Gasteiger partial charge in [0.05, 0.1) is 12.5 Å². The van der Waals surface area contributed by atoms with Crippen LogP contribution >= 0.6 is 11.3 Å². The summed E-state index contributed by atoms with van der Waals surface area (Å²) in [4.78, 5) is 0. The second-order valence-electron chi connectivity index (χ2n) is 4.96. The van der Waals surface area contributed by atoms with Crippen molar-refractivity contribution in [1.29, 1.82) is 0 Å². The fraction of sp³-hybridized carbons (Fsp3) is 0.467. The number of rotatable bonds is 5. The molecule has 0 saturated heterocycles. The Hall–Kier alpha value is -1.46. The van der Waals surface area contributed by atoms with Gasteiger partial charge in [-0.05, 0) is 24.6 Å². The minimum atomic E-state index is 0.343. The number of benzene rings is 1. The maximum absolute atomic E-state index is 5.82. The normalized spacial score (nSPS) is 17.6. The zero-order valence-electron chi connectivity index (χ0n) is 11.6. The molecule has 2 heterocycles. The number of nitrogens with zero attached hydrogens (tertiary/aromatic N) is 2. The smallest absolute Gasteiger partial charge is 0.124 e. The molecule has 0 aliphatic carbocycles. The highest BCUT2D eigenvalue weighted by Gasteiger charge is 2.24. The lowest BCUT2D eigenvalue weighted by atomic mass is 9.97. The molecule has 106 valence electrons. The lowest BCUT2D eigenvalue weighted by molar-refractivity contribution is 0.262. The third-order valence-electron chi connectivity index (χ3n) is 3.48. The predicted octanol–water partition coefficient (Wildman–Crippen LogP) is 2.41. The Kier molecular flexibility index (Phi) is 4.28. The van der Waals surface area contributed by atoms with Crippen LogP contribution < -0.4 is 10.1 Å². The number of para-hydroxylation sites is 1. The van der Waals surface area contributed by atoms with Gasteiger partial charge in [-0.3, -0.25) is 0 Å². The van der Waals surface area contributed by atoms with Gasteiger partial charge in [-0.2, -0.15) is 0 Å². The monoisotopic (exact) mass is 289 g/mol. The van der Waals surface area contributed by atoms with E-state index < -0.39 is 0 Å². The number of hydrogen-bond acceptors (Lipinski definition) is 5. The van der Waals surface area contributed by atoms with Crippen molar-refractivity contribution in [2.24, 2.45) is 0 Å². The predicted molar refractivity (Wildman–Crippen MR) is 80.5 cm³/mol. The number of fused-ring (bicyclic) bond motifs is 1. The standard InChI is InChI=1S/C15H19N3OS/c1-2-16-8-7-14-17-18-15(20-14)12-9-11-5-3-4-6-13(11)19-10-12/h3-6,12,16H,2,7-10H2,1H3. The summed E-state index contributed by atoms with van der Waals surface area (Å²) in [5, 5.41) is 14.2. The van der Waals surface area contributed by atoms with Gasteiger partial charge in [-0.25, -0.2) is 0 Å². The molecular weight excluding hydrogens is 270 g/mol. The zero-order valence-corrected chi connectivity index (χ0v) is 12.4. The van der Waals surface area contributed by atoms with Gasteiger partial charge in [-0.15, -0.1) is 21.5 Å². The molecule has 0 saturated carbocycles. The third-order valence-corrected chi connectivity index (χ3v) is 4.62. The second kappa shape index (κ2) is 6.33. The van der Waals surface area contributed by atoms with E-state index in [4.69, 9.17) is 4.74 Å².